The molecule has 0 aromatic heterocycles. The lowest BCUT2D eigenvalue weighted by Gasteiger charge is -2.16. The van der Waals surface area contributed by atoms with Crippen LogP contribution in [0.4, 0.5) is 11.4 Å². The highest BCUT2D eigenvalue weighted by Gasteiger charge is 2.16. The van der Waals surface area contributed by atoms with Gasteiger partial charge in [0.15, 0.2) is 5.11 Å². The third kappa shape index (κ3) is 6.81. The van der Waals surface area contributed by atoms with Crippen molar-refractivity contribution in [2.75, 3.05) is 17.2 Å². The molecule has 6 nitrogen and oxygen atoms in total. The number of carbonyl (C=O) groups excluding carboxylic acids is 2. The average Bonchev–Trinajstić information content (AvgIpc) is 2.71. The Balaban J connectivity index is 2.10. The van der Waals surface area contributed by atoms with Gasteiger partial charge in [0.1, 0.15) is 5.75 Å². The van der Waals surface area contributed by atoms with Gasteiger partial charge in [-0.25, -0.2) is 0 Å². The Labute approximate surface area is 190 Å². The number of thiocarbonyl (C=S) groups is 1. The third-order valence-electron chi connectivity index (χ3n) is 4.35. The van der Waals surface area contributed by atoms with Crippen molar-refractivity contribution in [3.63, 3.8) is 0 Å². The molecule has 0 unspecified atom stereocenters. The molecule has 8 heteroatoms. The van der Waals surface area contributed by atoms with Gasteiger partial charge in [0.05, 0.1) is 12.2 Å². The van der Waals surface area contributed by atoms with Crippen LogP contribution in [0.3, 0.4) is 0 Å². The Morgan fingerprint density at radius 3 is 2.47 bits per heavy atom. The first-order valence-corrected chi connectivity index (χ1v) is 11.0. The Hall–Kier alpha value is -2.45. The molecule has 3 N–H and O–H groups in total. The molecule has 0 heterocycles. The van der Waals surface area contributed by atoms with Gasteiger partial charge in [-0.3, -0.25) is 14.9 Å². The normalized spacial score (nSPS) is 10.3. The van der Waals surface area contributed by atoms with Gasteiger partial charge < -0.3 is 15.4 Å². The van der Waals surface area contributed by atoms with E-state index in [-0.39, 0.29) is 16.9 Å². The van der Waals surface area contributed by atoms with Crippen LogP contribution in [0.5, 0.6) is 5.75 Å². The predicted molar refractivity (Wildman–Crippen MR) is 128 cm³/mol. The number of hydrogen-bond donors (Lipinski definition) is 3. The van der Waals surface area contributed by atoms with Crippen molar-refractivity contribution in [3.8, 4) is 5.75 Å². The van der Waals surface area contributed by atoms with Crippen molar-refractivity contribution in [1.82, 2.24) is 5.32 Å². The van der Waals surface area contributed by atoms with Crippen LogP contribution in [0.2, 0.25) is 0 Å². The van der Waals surface area contributed by atoms with Gasteiger partial charge in [-0.1, -0.05) is 42.3 Å². The summed E-state index contributed by atoms with van der Waals surface area (Å²) in [6, 6.07) is 10.7. The molecule has 0 aliphatic heterocycles. The van der Waals surface area contributed by atoms with Crippen molar-refractivity contribution in [2.24, 2.45) is 0 Å². The molecule has 0 fully saturated rings. The third-order valence-corrected chi connectivity index (χ3v) is 5.04. The molecular formula is C22H26BrN3O3S. The Morgan fingerprint density at radius 1 is 1.10 bits per heavy atom. The van der Waals surface area contributed by atoms with Gasteiger partial charge in [-0.05, 0) is 61.5 Å². The summed E-state index contributed by atoms with van der Waals surface area (Å²) >= 11 is 8.72. The van der Waals surface area contributed by atoms with Crippen molar-refractivity contribution < 1.29 is 14.3 Å². The maximum atomic E-state index is 12.8. The van der Waals surface area contributed by atoms with E-state index in [4.69, 9.17) is 17.0 Å². The molecule has 2 aromatic carbocycles. The molecule has 0 spiro atoms. The number of benzene rings is 2. The molecule has 30 heavy (non-hydrogen) atoms. The molecule has 2 aromatic rings. The van der Waals surface area contributed by atoms with Crippen LogP contribution >= 0.6 is 28.1 Å². The summed E-state index contributed by atoms with van der Waals surface area (Å²) in [4.78, 5) is 24.5. The second kappa shape index (κ2) is 11.7. The van der Waals surface area contributed by atoms with Crippen molar-refractivity contribution >= 4 is 56.4 Å². The van der Waals surface area contributed by atoms with Crippen molar-refractivity contribution in [1.29, 1.82) is 0 Å². The monoisotopic (exact) mass is 491 g/mol. The number of halogens is 1. The number of rotatable bonds is 8. The SMILES string of the molecule is CCCCOc1ccc(Br)cc1C(=O)NC(=S)Nc1cccc(NC(=O)CC)c1C. The van der Waals surface area contributed by atoms with Crippen LogP contribution in [0.1, 0.15) is 49.0 Å². The summed E-state index contributed by atoms with van der Waals surface area (Å²) in [6.07, 6.45) is 2.30. The van der Waals surface area contributed by atoms with Crippen molar-refractivity contribution in [3.05, 3.63) is 52.0 Å². The molecule has 0 saturated carbocycles. The van der Waals surface area contributed by atoms with E-state index in [1.807, 2.05) is 25.1 Å². The summed E-state index contributed by atoms with van der Waals surface area (Å²) in [7, 11) is 0. The molecule has 0 aliphatic rings. The molecule has 0 aliphatic carbocycles. The van der Waals surface area contributed by atoms with E-state index in [2.05, 4.69) is 38.8 Å². The topological polar surface area (TPSA) is 79.5 Å². The van der Waals surface area contributed by atoms with Crippen LogP contribution < -0.4 is 20.7 Å². The molecule has 0 bridgehead atoms. The van der Waals surface area contributed by atoms with Gasteiger partial charge in [-0.2, -0.15) is 0 Å². The highest BCUT2D eigenvalue weighted by atomic mass is 79.9. The molecule has 0 atom stereocenters. The quantitative estimate of drug-likeness (QED) is 0.339. The first-order chi connectivity index (χ1) is 14.3. The van der Waals surface area contributed by atoms with Crippen LogP contribution in [0.15, 0.2) is 40.9 Å². The number of ether oxygens (including phenoxy) is 1. The number of anilines is 2. The minimum absolute atomic E-state index is 0.0728. The minimum atomic E-state index is -0.367. The van der Waals surface area contributed by atoms with E-state index in [1.165, 1.54) is 0 Å². The predicted octanol–water partition coefficient (Wildman–Crippen LogP) is 5.41. The van der Waals surface area contributed by atoms with Gasteiger partial charge in [0, 0.05) is 22.3 Å². The maximum Gasteiger partial charge on any atom is 0.261 e. The highest BCUT2D eigenvalue weighted by Crippen LogP contribution is 2.25. The van der Waals surface area contributed by atoms with E-state index in [1.54, 1.807) is 25.1 Å². The summed E-state index contributed by atoms with van der Waals surface area (Å²) in [5.74, 6) is 0.0668. The second-order valence-corrected chi connectivity index (χ2v) is 7.95. The van der Waals surface area contributed by atoms with Gasteiger partial charge in [0.2, 0.25) is 5.91 Å². The molecule has 2 amide bonds. The van der Waals surface area contributed by atoms with E-state index < -0.39 is 0 Å². The van der Waals surface area contributed by atoms with E-state index in [0.717, 1.165) is 22.9 Å². The Morgan fingerprint density at radius 2 is 1.80 bits per heavy atom. The zero-order valence-corrected chi connectivity index (χ0v) is 19.7. The van der Waals surface area contributed by atoms with E-state index in [0.29, 0.717) is 35.7 Å². The fourth-order valence-corrected chi connectivity index (χ4v) is 3.16. The zero-order chi connectivity index (χ0) is 22.1. The number of unbranched alkanes of at least 4 members (excludes halogenated alkanes) is 1. The van der Waals surface area contributed by atoms with Crippen LogP contribution in [-0.4, -0.2) is 23.5 Å². The van der Waals surface area contributed by atoms with Crippen LogP contribution in [0, 0.1) is 6.92 Å². The van der Waals surface area contributed by atoms with Crippen molar-refractivity contribution in [2.45, 2.75) is 40.0 Å². The molecule has 2 rings (SSSR count). The van der Waals surface area contributed by atoms with Gasteiger partial charge in [-0.15, -0.1) is 0 Å². The number of hydrogen-bond acceptors (Lipinski definition) is 4. The second-order valence-electron chi connectivity index (χ2n) is 6.63. The summed E-state index contributed by atoms with van der Waals surface area (Å²) in [5.41, 5.74) is 2.61. The molecular weight excluding hydrogens is 466 g/mol. The first-order valence-electron chi connectivity index (χ1n) is 9.79. The van der Waals surface area contributed by atoms with Crippen LogP contribution in [0.25, 0.3) is 0 Å². The lowest BCUT2D eigenvalue weighted by atomic mass is 10.1. The number of nitrogens with one attached hydrogen (secondary N) is 3. The Kier molecular flexibility index (Phi) is 9.26. The largest absolute Gasteiger partial charge is 0.493 e. The van der Waals surface area contributed by atoms with Gasteiger partial charge >= 0.3 is 0 Å². The highest BCUT2D eigenvalue weighted by molar-refractivity contribution is 9.10. The van der Waals surface area contributed by atoms with Crippen LogP contribution in [-0.2, 0) is 4.79 Å². The number of amides is 2. The minimum Gasteiger partial charge on any atom is -0.493 e. The standard InChI is InChI=1S/C22H26BrN3O3S/c1-4-6-12-29-19-11-10-15(23)13-16(19)21(28)26-22(30)25-18-9-7-8-17(14(18)3)24-20(27)5-2/h7-11,13H,4-6,12H2,1-3H3,(H,24,27)(H2,25,26,28,30). The van der Waals surface area contributed by atoms with Gasteiger partial charge in [0.25, 0.3) is 5.91 Å². The summed E-state index contributed by atoms with van der Waals surface area (Å²) in [6.45, 7) is 6.27. The molecule has 160 valence electrons. The molecule has 0 saturated heterocycles. The lowest BCUT2D eigenvalue weighted by Crippen LogP contribution is -2.34. The van der Waals surface area contributed by atoms with E-state index in [9.17, 15) is 9.59 Å². The molecule has 0 radical (unpaired) electrons. The maximum absolute atomic E-state index is 12.8. The number of carbonyl (C=O) groups is 2. The fourth-order valence-electron chi connectivity index (χ4n) is 2.60. The average molecular weight is 492 g/mol. The lowest BCUT2D eigenvalue weighted by molar-refractivity contribution is -0.115. The fraction of sp³-hybridized carbons (Fsp3) is 0.318. The summed E-state index contributed by atoms with van der Waals surface area (Å²) in [5, 5.41) is 8.72. The Bertz CT molecular complexity index is 934. The summed E-state index contributed by atoms with van der Waals surface area (Å²) < 4.78 is 6.52. The smallest absolute Gasteiger partial charge is 0.261 e. The van der Waals surface area contributed by atoms with E-state index >= 15 is 0 Å². The first kappa shape index (κ1) is 23.8. The zero-order valence-electron chi connectivity index (χ0n) is 17.3.